The maximum absolute atomic E-state index is 11.7. The number of esters is 2. The lowest BCUT2D eigenvalue weighted by atomic mass is 9.93. The van der Waals surface area contributed by atoms with Gasteiger partial charge in [-0.05, 0) is 13.8 Å². The zero-order chi connectivity index (χ0) is 14.1. The SMILES string of the molecule is CCOC(=O)CC(C(C)=O)C(=O)CCC(=O)OC. The number of hydrogen-bond donors (Lipinski definition) is 0. The highest BCUT2D eigenvalue weighted by Crippen LogP contribution is 2.12. The van der Waals surface area contributed by atoms with Crippen LogP contribution in [0.5, 0.6) is 0 Å². The standard InChI is InChI=1S/C12H18O6/c1-4-18-12(16)7-9(8(2)13)10(14)5-6-11(15)17-3/h9H,4-7H2,1-3H3. The predicted molar refractivity (Wildman–Crippen MR) is 61.7 cm³/mol. The van der Waals surface area contributed by atoms with Crippen LogP contribution in [-0.4, -0.2) is 37.2 Å². The zero-order valence-corrected chi connectivity index (χ0v) is 10.9. The van der Waals surface area contributed by atoms with Crippen molar-refractivity contribution < 1.29 is 28.7 Å². The average molecular weight is 258 g/mol. The van der Waals surface area contributed by atoms with E-state index in [0.717, 1.165) is 0 Å². The summed E-state index contributed by atoms with van der Waals surface area (Å²) in [7, 11) is 1.22. The number of ketones is 2. The van der Waals surface area contributed by atoms with Gasteiger partial charge in [-0.15, -0.1) is 0 Å². The second-order valence-electron chi connectivity index (χ2n) is 3.71. The summed E-state index contributed by atoms with van der Waals surface area (Å²) in [5.41, 5.74) is 0. The van der Waals surface area contributed by atoms with E-state index in [1.165, 1.54) is 14.0 Å². The Bertz CT molecular complexity index is 333. The Kier molecular flexibility index (Phi) is 7.58. The largest absolute Gasteiger partial charge is 0.469 e. The highest BCUT2D eigenvalue weighted by molar-refractivity contribution is 6.04. The van der Waals surface area contributed by atoms with E-state index in [9.17, 15) is 19.2 Å². The number of carbonyl (C=O) groups is 4. The second-order valence-corrected chi connectivity index (χ2v) is 3.71. The average Bonchev–Trinajstić information content (AvgIpc) is 2.32. The van der Waals surface area contributed by atoms with Crippen LogP contribution in [0.3, 0.4) is 0 Å². The van der Waals surface area contributed by atoms with Crippen LogP contribution in [0.25, 0.3) is 0 Å². The monoisotopic (exact) mass is 258 g/mol. The first kappa shape index (κ1) is 16.3. The van der Waals surface area contributed by atoms with E-state index < -0.39 is 29.4 Å². The summed E-state index contributed by atoms with van der Waals surface area (Å²) in [6.07, 6.45) is -0.485. The summed E-state index contributed by atoms with van der Waals surface area (Å²) < 4.78 is 9.08. The molecule has 0 spiro atoms. The van der Waals surface area contributed by atoms with Gasteiger partial charge in [-0.1, -0.05) is 0 Å². The molecule has 0 aliphatic rings. The number of methoxy groups -OCH3 is 1. The van der Waals surface area contributed by atoms with Crippen LogP contribution in [0.1, 0.15) is 33.1 Å². The molecule has 0 aromatic heterocycles. The molecule has 18 heavy (non-hydrogen) atoms. The summed E-state index contributed by atoms with van der Waals surface area (Å²) in [6, 6.07) is 0. The molecule has 0 rings (SSSR count). The minimum atomic E-state index is -1.03. The Morgan fingerprint density at radius 2 is 1.67 bits per heavy atom. The van der Waals surface area contributed by atoms with Gasteiger partial charge in [0.25, 0.3) is 0 Å². The van der Waals surface area contributed by atoms with E-state index in [1.54, 1.807) is 6.92 Å². The number of ether oxygens (including phenoxy) is 2. The van der Waals surface area contributed by atoms with Gasteiger partial charge >= 0.3 is 11.9 Å². The van der Waals surface area contributed by atoms with Gasteiger partial charge in [-0.2, -0.15) is 0 Å². The molecular formula is C12H18O6. The third-order valence-corrected chi connectivity index (χ3v) is 2.36. The maximum Gasteiger partial charge on any atom is 0.306 e. The lowest BCUT2D eigenvalue weighted by Gasteiger charge is -2.11. The van der Waals surface area contributed by atoms with Gasteiger partial charge in [0, 0.05) is 6.42 Å². The van der Waals surface area contributed by atoms with Crippen molar-refractivity contribution in [3.63, 3.8) is 0 Å². The van der Waals surface area contributed by atoms with E-state index >= 15 is 0 Å². The molecule has 6 heteroatoms. The molecule has 0 saturated carbocycles. The molecule has 0 aliphatic heterocycles. The Labute approximate surface area is 106 Å². The number of Topliss-reactive ketones (excluding diaryl/α,β-unsaturated/α-hetero) is 2. The predicted octanol–water partition coefficient (Wildman–Crippen LogP) is 0.667. The lowest BCUT2D eigenvalue weighted by Crippen LogP contribution is -2.26. The van der Waals surface area contributed by atoms with Crippen molar-refractivity contribution in [1.82, 2.24) is 0 Å². The summed E-state index contributed by atoms with van der Waals surface area (Å²) in [5, 5.41) is 0. The summed E-state index contributed by atoms with van der Waals surface area (Å²) in [6.45, 7) is 3.07. The normalized spacial score (nSPS) is 11.5. The van der Waals surface area contributed by atoms with Gasteiger partial charge in [0.05, 0.1) is 32.5 Å². The van der Waals surface area contributed by atoms with E-state index in [1.807, 2.05) is 0 Å². The minimum absolute atomic E-state index is 0.0953. The topological polar surface area (TPSA) is 86.7 Å². The van der Waals surface area contributed by atoms with Crippen LogP contribution >= 0.6 is 0 Å². The first-order chi connectivity index (χ1) is 8.42. The molecule has 0 amide bonds. The second kappa shape index (κ2) is 8.38. The zero-order valence-electron chi connectivity index (χ0n) is 10.9. The third-order valence-electron chi connectivity index (χ3n) is 2.36. The van der Waals surface area contributed by atoms with E-state index in [4.69, 9.17) is 0 Å². The maximum atomic E-state index is 11.7. The third kappa shape index (κ3) is 6.12. The molecular weight excluding hydrogens is 240 g/mol. The fourth-order valence-electron chi connectivity index (χ4n) is 1.37. The van der Waals surface area contributed by atoms with Crippen molar-refractivity contribution >= 4 is 23.5 Å². The van der Waals surface area contributed by atoms with Crippen LogP contribution in [0.4, 0.5) is 0 Å². The van der Waals surface area contributed by atoms with Gasteiger partial charge in [0.1, 0.15) is 11.6 Å². The van der Waals surface area contributed by atoms with Crippen LogP contribution in [0.2, 0.25) is 0 Å². The van der Waals surface area contributed by atoms with E-state index in [0.29, 0.717) is 0 Å². The van der Waals surface area contributed by atoms with E-state index in [-0.39, 0.29) is 25.9 Å². The lowest BCUT2D eigenvalue weighted by molar-refractivity contribution is -0.149. The molecule has 0 saturated heterocycles. The number of carbonyl (C=O) groups excluding carboxylic acids is 4. The smallest absolute Gasteiger partial charge is 0.306 e. The molecule has 0 aliphatic carbocycles. The van der Waals surface area contributed by atoms with Crippen molar-refractivity contribution in [3.05, 3.63) is 0 Å². The van der Waals surface area contributed by atoms with Gasteiger partial charge in [0.2, 0.25) is 0 Å². The van der Waals surface area contributed by atoms with Crippen LogP contribution in [0, 0.1) is 5.92 Å². The van der Waals surface area contributed by atoms with Crippen molar-refractivity contribution in [2.45, 2.75) is 33.1 Å². The minimum Gasteiger partial charge on any atom is -0.469 e. The molecule has 0 heterocycles. The molecule has 6 nitrogen and oxygen atoms in total. The first-order valence-electron chi connectivity index (χ1n) is 5.68. The fourth-order valence-corrected chi connectivity index (χ4v) is 1.37. The number of rotatable bonds is 8. The highest BCUT2D eigenvalue weighted by atomic mass is 16.5. The molecule has 1 unspecified atom stereocenters. The van der Waals surface area contributed by atoms with Crippen molar-refractivity contribution in [1.29, 1.82) is 0 Å². The first-order valence-corrected chi connectivity index (χ1v) is 5.68. The van der Waals surface area contributed by atoms with Gasteiger partial charge in [-0.3, -0.25) is 19.2 Å². The summed E-state index contributed by atoms with van der Waals surface area (Å²) >= 11 is 0. The molecule has 0 aromatic rings. The molecule has 0 bridgehead atoms. The summed E-state index contributed by atoms with van der Waals surface area (Å²) in [5.74, 6) is -3.00. The highest BCUT2D eigenvalue weighted by Gasteiger charge is 2.26. The molecule has 0 aromatic carbocycles. The van der Waals surface area contributed by atoms with Crippen molar-refractivity contribution in [3.8, 4) is 0 Å². The van der Waals surface area contributed by atoms with E-state index in [2.05, 4.69) is 9.47 Å². The fraction of sp³-hybridized carbons (Fsp3) is 0.667. The van der Waals surface area contributed by atoms with Crippen LogP contribution in [0.15, 0.2) is 0 Å². The summed E-state index contributed by atoms with van der Waals surface area (Å²) in [4.78, 5) is 45.1. The van der Waals surface area contributed by atoms with Crippen molar-refractivity contribution in [2.75, 3.05) is 13.7 Å². The van der Waals surface area contributed by atoms with Crippen LogP contribution in [-0.2, 0) is 28.7 Å². The molecule has 0 fully saturated rings. The van der Waals surface area contributed by atoms with Crippen molar-refractivity contribution in [2.24, 2.45) is 5.92 Å². The van der Waals surface area contributed by atoms with Gasteiger partial charge in [-0.25, -0.2) is 0 Å². The van der Waals surface area contributed by atoms with Crippen LogP contribution < -0.4 is 0 Å². The molecule has 102 valence electrons. The molecule has 1 atom stereocenters. The van der Waals surface area contributed by atoms with Gasteiger partial charge in [0.15, 0.2) is 0 Å². The Hall–Kier alpha value is -1.72. The quantitative estimate of drug-likeness (QED) is 0.469. The Balaban J connectivity index is 4.41. The number of hydrogen-bond acceptors (Lipinski definition) is 6. The van der Waals surface area contributed by atoms with Gasteiger partial charge < -0.3 is 9.47 Å². The Morgan fingerprint density at radius 1 is 1.06 bits per heavy atom. The molecule has 0 N–H and O–H groups in total. The Morgan fingerprint density at radius 3 is 2.11 bits per heavy atom. The molecule has 0 radical (unpaired) electrons.